The van der Waals surface area contributed by atoms with E-state index in [9.17, 15) is 4.79 Å². The highest BCUT2D eigenvalue weighted by atomic mass is 35.5. The largest absolute Gasteiger partial charge is 0.444 e. The number of rotatable bonds is 9. The third-order valence-corrected chi connectivity index (χ3v) is 6.27. The standard InChI is InChI=1S/C25H26ClN7O3/c1-25(2,35-24(27)34)14-17(23-29-21(32-36-23)16-4-3-5-18(26)12-16)13-20-30-31-22(33(20)19-6-7-19)15-8-10-28-11-9-15/h3-5,8-12,17,19H,6-7,13-14H2,1-2H3,(H2,27,34)/t17-/m0/s1. The van der Waals surface area contributed by atoms with E-state index in [0.717, 1.165) is 35.6 Å². The fraction of sp³-hybridized carbons (Fsp3) is 0.360. The number of nitrogens with two attached hydrogens (primary N) is 1. The summed E-state index contributed by atoms with van der Waals surface area (Å²) in [5.41, 5.74) is 6.14. The van der Waals surface area contributed by atoms with Crippen molar-refractivity contribution in [2.75, 3.05) is 0 Å². The lowest BCUT2D eigenvalue weighted by Crippen LogP contribution is -2.33. The van der Waals surface area contributed by atoms with Gasteiger partial charge in [0.25, 0.3) is 0 Å². The molecule has 1 aliphatic carbocycles. The molecule has 11 heteroatoms. The number of benzene rings is 1. The molecular weight excluding hydrogens is 482 g/mol. The Hall–Kier alpha value is -3.79. The van der Waals surface area contributed by atoms with Crippen LogP contribution in [-0.2, 0) is 11.2 Å². The van der Waals surface area contributed by atoms with Crippen LogP contribution in [-0.4, -0.2) is 41.6 Å². The van der Waals surface area contributed by atoms with E-state index in [1.54, 1.807) is 38.4 Å². The summed E-state index contributed by atoms with van der Waals surface area (Å²) in [6, 6.07) is 11.4. The third-order valence-electron chi connectivity index (χ3n) is 6.03. The summed E-state index contributed by atoms with van der Waals surface area (Å²) in [6.45, 7) is 3.60. The number of pyridine rings is 1. The van der Waals surface area contributed by atoms with Gasteiger partial charge in [-0.15, -0.1) is 10.2 Å². The van der Waals surface area contributed by atoms with E-state index in [1.165, 1.54) is 0 Å². The number of nitrogens with zero attached hydrogens (tertiary/aromatic N) is 6. The van der Waals surface area contributed by atoms with Crippen LogP contribution in [0.5, 0.6) is 0 Å². The van der Waals surface area contributed by atoms with Gasteiger partial charge in [-0.3, -0.25) is 4.98 Å². The summed E-state index contributed by atoms with van der Waals surface area (Å²) < 4.78 is 13.3. The van der Waals surface area contributed by atoms with E-state index in [2.05, 4.69) is 29.9 Å². The average molecular weight is 508 g/mol. The van der Waals surface area contributed by atoms with Crippen molar-refractivity contribution in [1.29, 1.82) is 0 Å². The molecule has 3 aromatic heterocycles. The molecule has 186 valence electrons. The molecule has 10 nitrogen and oxygen atoms in total. The predicted octanol–water partition coefficient (Wildman–Crippen LogP) is 4.97. The van der Waals surface area contributed by atoms with Crippen molar-refractivity contribution in [2.45, 2.75) is 57.1 Å². The molecule has 0 radical (unpaired) electrons. The van der Waals surface area contributed by atoms with Crippen LogP contribution in [0, 0.1) is 0 Å². The van der Waals surface area contributed by atoms with Crippen molar-refractivity contribution < 1.29 is 14.1 Å². The van der Waals surface area contributed by atoms with E-state index in [-0.39, 0.29) is 5.92 Å². The van der Waals surface area contributed by atoms with Crippen LogP contribution in [0.4, 0.5) is 4.79 Å². The molecule has 1 fully saturated rings. The first-order valence-electron chi connectivity index (χ1n) is 11.7. The predicted molar refractivity (Wildman–Crippen MR) is 132 cm³/mol. The average Bonchev–Trinajstić information content (AvgIpc) is 3.38. The van der Waals surface area contributed by atoms with Crippen molar-refractivity contribution in [3.63, 3.8) is 0 Å². The fourth-order valence-corrected chi connectivity index (χ4v) is 4.59. The Labute approximate surface area is 212 Å². The van der Waals surface area contributed by atoms with Gasteiger partial charge in [0.1, 0.15) is 11.4 Å². The topological polar surface area (TPSA) is 135 Å². The molecule has 1 saturated carbocycles. The van der Waals surface area contributed by atoms with Crippen LogP contribution in [0.3, 0.4) is 0 Å². The van der Waals surface area contributed by atoms with Gasteiger partial charge < -0.3 is 19.6 Å². The summed E-state index contributed by atoms with van der Waals surface area (Å²) in [4.78, 5) is 20.3. The second kappa shape index (κ2) is 9.69. The Kier molecular flexibility index (Phi) is 6.44. The number of ether oxygens (including phenoxy) is 1. The first-order chi connectivity index (χ1) is 17.3. The quantitative estimate of drug-likeness (QED) is 0.335. The molecule has 0 unspecified atom stereocenters. The Bertz CT molecular complexity index is 1370. The number of carbonyl (C=O) groups excluding carboxylic acids is 1. The number of aromatic nitrogens is 6. The second-order valence-electron chi connectivity index (χ2n) is 9.53. The highest BCUT2D eigenvalue weighted by molar-refractivity contribution is 6.30. The summed E-state index contributed by atoms with van der Waals surface area (Å²) in [6.07, 6.45) is 5.59. The molecule has 1 aromatic carbocycles. The highest BCUT2D eigenvalue weighted by Crippen LogP contribution is 2.40. The Balaban J connectivity index is 1.50. The zero-order valence-corrected chi connectivity index (χ0v) is 20.7. The Morgan fingerprint density at radius 2 is 2.00 bits per heavy atom. The SMILES string of the molecule is CC(C)(C[C@H](Cc1nnc(-c2ccncc2)n1C1CC1)c1nc(-c2cccc(Cl)c2)no1)OC(N)=O. The molecule has 0 saturated heterocycles. The van der Waals surface area contributed by atoms with Gasteiger partial charge >= 0.3 is 6.09 Å². The molecule has 4 aromatic rings. The molecule has 0 bridgehead atoms. The lowest BCUT2D eigenvalue weighted by atomic mass is 9.90. The van der Waals surface area contributed by atoms with Crippen molar-refractivity contribution in [1.82, 2.24) is 29.9 Å². The zero-order chi connectivity index (χ0) is 25.3. The summed E-state index contributed by atoms with van der Waals surface area (Å²) in [5.74, 6) is 2.11. The number of carbonyl (C=O) groups is 1. The maximum Gasteiger partial charge on any atom is 0.405 e. The van der Waals surface area contributed by atoms with Gasteiger partial charge in [0.05, 0.1) is 0 Å². The maximum absolute atomic E-state index is 11.5. The number of primary amides is 1. The van der Waals surface area contributed by atoms with Crippen molar-refractivity contribution in [3.05, 3.63) is 65.5 Å². The highest BCUT2D eigenvalue weighted by Gasteiger charge is 2.35. The summed E-state index contributed by atoms with van der Waals surface area (Å²) >= 11 is 6.14. The first kappa shape index (κ1) is 23.9. The lowest BCUT2D eigenvalue weighted by molar-refractivity contribution is 0.0310. The van der Waals surface area contributed by atoms with Crippen LogP contribution in [0.1, 0.15) is 56.8 Å². The number of amides is 1. The second-order valence-corrected chi connectivity index (χ2v) is 9.97. The molecule has 3 heterocycles. The van der Waals surface area contributed by atoms with Gasteiger partial charge in [-0.2, -0.15) is 4.98 Å². The van der Waals surface area contributed by atoms with E-state index in [0.29, 0.717) is 35.6 Å². The lowest BCUT2D eigenvalue weighted by Gasteiger charge is -2.27. The monoisotopic (exact) mass is 507 g/mol. The van der Waals surface area contributed by atoms with E-state index in [4.69, 9.17) is 26.6 Å². The summed E-state index contributed by atoms with van der Waals surface area (Å²) in [5, 5.41) is 13.8. The first-order valence-corrected chi connectivity index (χ1v) is 12.1. The van der Waals surface area contributed by atoms with E-state index in [1.807, 2.05) is 24.3 Å². The molecule has 1 atom stereocenters. The van der Waals surface area contributed by atoms with Gasteiger partial charge in [-0.05, 0) is 57.4 Å². The van der Waals surface area contributed by atoms with Crippen molar-refractivity contribution >= 4 is 17.7 Å². The number of halogens is 1. The summed E-state index contributed by atoms with van der Waals surface area (Å²) in [7, 11) is 0. The van der Waals surface area contributed by atoms with Crippen LogP contribution < -0.4 is 5.73 Å². The van der Waals surface area contributed by atoms with Crippen LogP contribution in [0.25, 0.3) is 22.8 Å². The van der Waals surface area contributed by atoms with Gasteiger partial charge in [0, 0.05) is 46.9 Å². The molecule has 1 aliphatic rings. The third kappa shape index (κ3) is 5.38. The normalized spacial score (nSPS) is 14.5. The minimum absolute atomic E-state index is 0.313. The van der Waals surface area contributed by atoms with Gasteiger partial charge in [0.15, 0.2) is 5.82 Å². The van der Waals surface area contributed by atoms with Crippen LogP contribution in [0.15, 0.2) is 53.3 Å². The van der Waals surface area contributed by atoms with Crippen molar-refractivity contribution in [2.24, 2.45) is 5.73 Å². The maximum atomic E-state index is 11.5. The molecule has 0 aliphatic heterocycles. The number of hydrogen-bond acceptors (Lipinski definition) is 8. The number of hydrogen-bond donors (Lipinski definition) is 1. The van der Waals surface area contributed by atoms with Gasteiger partial charge in [0.2, 0.25) is 11.7 Å². The van der Waals surface area contributed by atoms with Gasteiger partial charge in [-0.25, -0.2) is 4.79 Å². The molecule has 0 spiro atoms. The van der Waals surface area contributed by atoms with Crippen LogP contribution in [0.2, 0.25) is 5.02 Å². The molecule has 36 heavy (non-hydrogen) atoms. The van der Waals surface area contributed by atoms with Crippen molar-refractivity contribution in [3.8, 4) is 22.8 Å². The molecule has 2 N–H and O–H groups in total. The van der Waals surface area contributed by atoms with E-state index < -0.39 is 11.7 Å². The molecular formula is C25H26ClN7O3. The Morgan fingerprint density at radius 1 is 1.22 bits per heavy atom. The van der Waals surface area contributed by atoms with E-state index >= 15 is 0 Å². The zero-order valence-electron chi connectivity index (χ0n) is 20.0. The minimum atomic E-state index is -0.875. The molecule has 1 amide bonds. The van der Waals surface area contributed by atoms with Crippen LogP contribution >= 0.6 is 11.6 Å². The fourth-order valence-electron chi connectivity index (χ4n) is 4.40. The minimum Gasteiger partial charge on any atom is -0.444 e. The van der Waals surface area contributed by atoms with Gasteiger partial charge in [-0.1, -0.05) is 28.9 Å². The Morgan fingerprint density at radius 3 is 2.69 bits per heavy atom. The molecule has 5 rings (SSSR count). The smallest absolute Gasteiger partial charge is 0.405 e.